The molecule has 10 heteroatoms. The van der Waals surface area contributed by atoms with Crippen LogP contribution in [-0.4, -0.2) is 26.2 Å². The van der Waals surface area contributed by atoms with Crippen molar-refractivity contribution >= 4 is 11.8 Å². The van der Waals surface area contributed by atoms with E-state index >= 15 is 0 Å². The van der Waals surface area contributed by atoms with E-state index in [9.17, 15) is 22.0 Å². The molecule has 0 spiro atoms. The molecule has 0 amide bonds. The first-order valence-corrected chi connectivity index (χ1v) is 8.17. The Balaban J connectivity index is 1.78. The monoisotopic (exact) mass is 396 g/mol. The maximum Gasteiger partial charge on any atom is 0.464 e. The second-order valence-corrected chi connectivity index (χ2v) is 6.50. The molecule has 3 aromatic rings. The van der Waals surface area contributed by atoms with Crippen LogP contribution in [0.2, 0.25) is 0 Å². The highest BCUT2D eigenvalue weighted by molar-refractivity contribution is 8.00. The number of alkyl halides is 5. The Morgan fingerprint density at radius 2 is 1.56 bits per heavy atom. The average molecular weight is 396 g/mol. The molecular weight excluding hydrogens is 387 g/mol. The zero-order chi connectivity index (χ0) is 19.7. The molecule has 1 heterocycles. The van der Waals surface area contributed by atoms with E-state index in [2.05, 4.69) is 10.1 Å². The maximum absolute atomic E-state index is 13.1. The van der Waals surface area contributed by atoms with Crippen LogP contribution in [0.15, 0.2) is 59.8 Å². The van der Waals surface area contributed by atoms with E-state index in [4.69, 9.17) is 5.26 Å². The average Bonchev–Trinajstić information content (AvgIpc) is 3.11. The summed E-state index contributed by atoms with van der Waals surface area (Å²) < 4.78 is 64.3. The van der Waals surface area contributed by atoms with Crippen molar-refractivity contribution in [1.29, 1.82) is 5.26 Å². The predicted molar refractivity (Wildman–Crippen MR) is 88.4 cm³/mol. The molecule has 3 rings (SSSR count). The Labute approximate surface area is 154 Å². The molecule has 1 aromatic heterocycles. The summed E-state index contributed by atoms with van der Waals surface area (Å²) in [5.74, 6) is 0.376. The number of nitriles is 1. The van der Waals surface area contributed by atoms with E-state index in [1.807, 2.05) is 6.07 Å². The quantitative estimate of drug-likeness (QED) is 0.457. The highest BCUT2D eigenvalue weighted by Crippen LogP contribution is 2.47. The van der Waals surface area contributed by atoms with Crippen molar-refractivity contribution in [3.05, 3.63) is 60.4 Å². The minimum atomic E-state index is -5.63. The summed E-state index contributed by atoms with van der Waals surface area (Å²) in [5, 5.41) is 8.16. The highest BCUT2D eigenvalue weighted by atomic mass is 32.2. The zero-order valence-electron chi connectivity index (χ0n) is 13.3. The van der Waals surface area contributed by atoms with Crippen molar-refractivity contribution < 1.29 is 22.0 Å². The van der Waals surface area contributed by atoms with Crippen LogP contribution in [-0.2, 0) is 0 Å². The summed E-state index contributed by atoms with van der Waals surface area (Å²) in [6, 6.07) is 13.6. The largest absolute Gasteiger partial charge is 0.464 e. The lowest BCUT2D eigenvalue weighted by atomic mass is 10.1. The number of benzene rings is 2. The van der Waals surface area contributed by atoms with Crippen LogP contribution >= 0.6 is 11.8 Å². The number of halogens is 5. The standard InChI is InChI=1S/C17H9F5N4S/c18-16(19,20)17(21,22)27-14-7-5-13(6-8-14)26-10-24-15(25-26)12-3-1-11(9-23)2-4-12/h1-8,10H. The van der Waals surface area contributed by atoms with Crippen molar-refractivity contribution in [2.45, 2.75) is 16.3 Å². The summed E-state index contributed by atoms with van der Waals surface area (Å²) in [6.45, 7) is 0. The SMILES string of the molecule is N#Cc1ccc(-c2ncn(-c3ccc(SC(F)(F)C(F)(F)F)cc3)n2)cc1. The summed E-state index contributed by atoms with van der Waals surface area (Å²) >= 11 is -0.568. The maximum atomic E-state index is 13.1. The van der Waals surface area contributed by atoms with Gasteiger partial charge in [-0.15, -0.1) is 5.10 Å². The Bertz CT molecular complexity index is 972. The van der Waals surface area contributed by atoms with Gasteiger partial charge in [-0.25, -0.2) is 9.67 Å². The van der Waals surface area contributed by atoms with Gasteiger partial charge in [0.1, 0.15) is 6.33 Å². The molecule has 0 unspecified atom stereocenters. The topological polar surface area (TPSA) is 54.5 Å². The molecule has 0 saturated carbocycles. The molecule has 4 nitrogen and oxygen atoms in total. The van der Waals surface area contributed by atoms with Gasteiger partial charge in [0, 0.05) is 10.5 Å². The summed E-state index contributed by atoms with van der Waals surface area (Å²) in [4.78, 5) is 3.90. The van der Waals surface area contributed by atoms with Gasteiger partial charge in [-0.1, -0.05) is 0 Å². The third-order valence-corrected chi connectivity index (χ3v) is 4.44. The third kappa shape index (κ3) is 4.09. The second-order valence-electron chi connectivity index (χ2n) is 5.31. The van der Waals surface area contributed by atoms with Crippen molar-refractivity contribution in [1.82, 2.24) is 14.8 Å². The number of aromatic nitrogens is 3. The molecule has 0 aliphatic heterocycles. The van der Waals surface area contributed by atoms with Crippen LogP contribution < -0.4 is 0 Å². The van der Waals surface area contributed by atoms with Crippen LogP contribution in [0.5, 0.6) is 0 Å². The smallest absolute Gasteiger partial charge is 0.220 e. The Kier molecular flexibility index (Phi) is 4.89. The van der Waals surface area contributed by atoms with Crippen LogP contribution in [0.4, 0.5) is 22.0 Å². The highest BCUT2D eigenvalue weighted by Gasteiger charge is 2.58. The normalized spacial score (nSPS) is 12.0. The van der Waals surface area contributed by atoms with Crippen LogP contribution in [0.3, 0.4) is 0 Å². The molecule has 0 saturated heterocycles. The van der Waals surface area contributed by atoms with Gasteiger partial charge in [-0.2, -0.15) is 27.2 Å². The Morgan fingerprint density at radius 3 is 2.11 bits per heavy atom. The predicted octanol–water partition coefficient (Wildman–Crippen LogP) is 5.05. The van der Waals surface area contributed by atoms with Gasteiger partial charge in [0.2, 0.25) is 0 Å². The minimum Gasteiger partial charge on any atom is -0.220 e. The Morgan fingerprint density at radius 1 is 0.926 bits per heavy atom. The summed E-state index contributed by atoms with van der Waals surface area (Å²) in [5.41, 5.74) is 1.61. The molecule has 2 aromatic carbocycles. The molecule has 0 bridgehead atoms. The first kappa shape index (κ1) is 18.8. The van der Waals surface area contributed by atoms with E-state index in [-0.39, 0.29) is 4.90 Å². The first-order valence-electron chi connectivity index (χ1n) is 7.36. The molecule has 0 atom stereocenters. The fourth-order valence-corrected chi connectivity index (χ4v) is 2.77. The molecule has 138 valence electrons. The van der Waals surface area contributed by atoms with E-state index in [0.29, 0.717) is 22.6 Å². The summed E-state index contributed by atoms with van der Waals surface area (Å²) in [7, 11) is 0. The Hall–Kier alpha value is -2.93. The van der Waals surface area contributed by atoms with E-state index in [0.717, 1.165) is 12.1 Å². The fraction of sp³-hybridized carbons (Fsp3) is 0.118. The molecular formula is C17H9F5N4S. The number of nitrogens with zero attached hydrogens (tertiary/aromatic N) is 4. The van der Waals surface area contributed by atoms with Gasteiger partial charge in [-0.05, 0) is 60.3 Å². The van der Waals surface area contributed by atoms with E-state index < -0.39 is 23.2 Å². The lowest BCUT2D eigenvalue weighted by Gasteiger charge is -2.18. The van der Waals surface area contributed by atoms with Crippen LogP contribution in [0, 0.1) is 11.3 Å². The minimum absolute atomic E-state index is 0.228. The first-order chi connectivity index (χ1) is 12.7. The van der Waals surface area contributed by atoms with Crippen molar-refractivity contribution in [3.63, 3.8) is 0 Å². The lowest BCUT2D eigenvalue weighted by Crippen LogP contribution is -2.32. The second kappa shape index (κ2) is 7.00. The number of rotatable bonds is 4. The van der Waals surface area contributed by atoms with Gasteiger partial charge in [-0.3, -0.25) is 0 Å². The zero-order valence-corrected chi connectivity index (χ0v) is 14.1. The molecule has 27 heavy (non-hydrogen) atoms. The molecule has 0 aliphatic carbocycles. The number of hydrogen-bond acceptors (Lipinski definition) is 4. The molecule has 0 fully saturated rings. The van der Waals surface area contributed by atoms with Gasteiger partial charge < -0.3 is 0 Å². The molecule has 0 aliphatic rings. The molecule has 0 radical (unpaired) electrons. The lowest BCUT2D eigenvalue weighted by molar-refractivity contribution is -0.237. The summed E-state index contributed by atoms with van der Waals surface area (Å²) in [6.07, 6.45) is -4.24. The van der Waals surface area contributed by atoms with E-state index in [1.54, 1.807) is 24.3 Å². The van der Waals surface area contributed by atoms with Gasteiger partial charge >= 0.3 is 11.4 Å². The molecule has 0 N–H and O–H groups in total. The third-order valence-electron chi connectivity index (χ3n) is 3.44. The van der Waals surface area contributed by atoms with Gasteiger partial charge in [0.05, 0.1) is 17.3 Å². The van der Waals surface area contributed by atoms with Crippen LogP contribution in [0.25, 0.3) is 17.1 Å². The number of hydrogen-bond donors (Lipinski definition) is 0. The van der Waals surface area contributed by atoms with Gasteiger partial charge in [0.25, 0.3) is 0 Å². The van der Waals surface area contributed by atoms with Gasteiger partial charge in [0.15, 0.2) is 5.82 Å². The van der Waals surface area contributed by atoms with Crippen molar-refractivity contribution in [2.75, 3.05) is 0 Å². The van der Waals surface area contributed by atoms with Crippen molar-refractivity contribution in [3.8, 4) is 23.1 Å². The fourth-order valence-electron chi connectivity index (χ4n) is 2.09. The number of thioether (sulfide) groups is 1. The van der Waals surface area contributed by atoms with Crippen LogP contribution in [0.1, 0.15) is 5.56 Å². The van der Waals surface area contributed by atoms with Crippen molar-refractivity contribution in [2.24, 2.45) is 0 Å². The van der Waals surface area contributed by atoms with E-state index in [1.165, 1.54) is 23.1 Å².